The van der Waals surface area contributed by atoms with Crippen LogP contribution in [0.3, 0.4) is 0 Å². The highest BCUT2D eigenvalue weighted by atomic mass is 16.3. The Morgan fingerprint density at radius 3 is 2.46 bits per heavy atom. The number of aryl methyl sites for hydroxylation is 2. The van der Waals surface area contributed by atoms with Gasteiger partial charge in [0.2, 0.25) is 0 Å². The number of rotatable bonds is 1. The lowest BCUT2D eigenvalue weighted by Gasteiger charge is -2.10. The molecule has 1 rings (SSSR count). The van der Waals surface area contributed by atoms with Gasteiger partial charge in [-0.1, -0.05) is 6.07 Å². The molecule has 0 aliphatic carbocycles. The average Bonchev–Trinajstić information content (AvgIpc) is 2.09. The fourth-order valence-corrected chi connectivity index (χ4v) is 1.42. The van der Waals surface area contributed by atoms with Gasteiger partial charge >= 0.3 is 0 Å². The number of phenolic OH excluding ortho intramolecular Hbond substituents is 1. The molecule has 0 spiro atoms. The summed E-state index contributed by atoms with van der Waals surface area (Å²) in [5, 5.41) is 18.3. The second kappa shape index (κ2) is 3.49. The van der Waals surface area contributed by atoms with Crippen molar-refractivity contribution in [2.75, 3.05) is 0 Å². The van der Waals surface area contributed by atoms with Crippen molar-refractivity contribution in [3.8, 4) is 11.8 Å². The van der Waals surface area contributed by atoms with Crippen LogP contribution in [-0.4, -0.2) is 5.11 Å². The van der Waals surface area contributed by atoms with Crippen LogP contribution in [0.15, 0.2) is 6.07 Å². The summed E-state index contributed by atoms with van der Waals surface area (Å²) < 4.78 is 0. The zero-order valence-electron chi connectivity index (χ0n) is 8.18. The summed E-state index contributed by atoms with van der Waals surface area (Å²) in [4.78, 5) is 0. The lowest BCUT2D eigenvalue weighted by atomic mass is 9.97. The van der Waals surface area contributed by atoms with Crippen LogP contribution in [0.5, 0.6) is 5.75 Å². The van der Waals surface area contributed by atoms with Gasteiger partial charge in [-0.3, -0.25) is 0 Å². The average molecular weight is 175 g/mol. The zero-order chi connectivity index (χ0) is 10.0. The van der Waals surface area contributed by atoms with Gasteiger partial charge in [-0.15, -0.1) is 0 Å². The standard InChI is InChI=1S/C11H13NO/c1-7-6-8(2)10(4-5-12)11(13)9(7)3/h6,13H,4H2,1-3H3. The Kier molecular flexibility index (Phi) is 2.57. The normalized spacial score (nSPS) is 9.69. The first kappa shape index (κ1) is 9.60. The highest BCUT2D eigenvalue weighted by Crippen LogP contribution is 2.28. The van der Waals surface area contributed by atoms with E-state index >= 15 is 0 Å². The number of benzene rings is 1. The number of hydrogen-bond donors (Lipinski definition) is 1. The Labute approximate surface area is 78.4 Å². The molecule has 0 heterocycles. The molecule has 0 unspecified atom stereocenters. The third-order valence-electron chi connectivity index (χ3n) is 2.40. The molecule has 2 heteroatoms. The Hall–Kier alpha value is -1.49. The fourth-order valence-electron chi connectivity index (χ4n) is 1.42. The number of hydrogen-bond acceptors (Lipinski definition) is 2. The molecule has 0 saturated carbocycles. The van der Waals surface area contributed by atoms with E-state index in [1.807, 2.05) is 26.8 Å². The first-order valence-corrected chi connectivity index (χ1v) is 4.23. The number of aromatic hydroxyl groups is 1. The van der Waals surface area contributed by atoms with Crippen molar-refractivity contribution in [2.24, 2.45) is 0 Å². The number of nitrogens with zero attached hydrogens (tertiary/aromatic N) is 1. The molecule has 0 fully saturated rings. The van der Waals surface area contributed by atoms with Gasteiger partial charge in [0, 0.05) is 5.56 Å². The lowest BCUT2D eigenvalue weighted by Crippen LogP contribution is -1.93. The van der Waals surface area contributed by atoms with E-state index in [1.165, 1.54) is 0 Å². The molecule has 1 N–H and O–H groups in total. The predicted octanol–water partition coefficient (Wildman–Crippen LogP) is 2.38. The Morgan fingerprint density at radius 2 is 1.92 bits per heavy atom. The second-order valence-corrected chi connectivity index (χ2v) is 3.30. The van der Waals surface area contributed by atoms with Crippen molar-refractivity contribution >= 4 is 0 Å². The summed E-state index contributed by atoms with van der Waals surface area (Å²) in [6.07, 6.45) is 0.277. The second-order valence-electron chi connectivity index (χ2n) is 3.30. The molecule has 0 saturated heterocycles. The molecule has 13 heavy (non-hydrogen) atoms. The summed E-state index contributed by atoms with van der Waals surface area (Å²) in [7, 11) is 0. The topological polar surface area (TPSA) is 44.0 Å². The molecular weight excluding hydrogens is 162 g/mol. The van der Waals surface area contributed by atoms with Crippen LogP contribution in [0.4, 0.5) is 0 Å². The minimum atomic E-state index is 0.277. The monoisotopic (exact) mass is 175 g/mol. The summed E-state index contributed by atoms with van der Waals surface area (Å²) in [5.41, 5.74) is 3.68. The van der Waals surface area contributed by atoms with Crippen molar-refractivity contribution in [3.63, 3.8) is 0 Å². The van der Waals surface area contributed by atoms with Gasteiger partial charge in [0.1, 0.15) is 5.75 Å². The smallest absolute Gasteiger partial charge is 0.123 e. The van der Waals surface area contributed by atoms with Crippen LogP contribution in [0.2, 0.25) is 0 Å². The minimum Gasteiger partial charge on any atom is -0.507 e. The van der Waals surface area contributed by atoms with E-state index in [0.717, 1.165) is 22.3 Å². The van der Waals surface area contributed by atoms with Gasteiger partial charge in [-0.05, 0) is 37.5 Å². The van der Waals surface area contributed by atoms with Gasteiger partial charge in [0.05, 0.1) is 12.5 Å². The van der Waals surface area contributed by atoms with Crippen LogP contribution in [0, 0.1) is 32.1 Å². The molecule has 0 aliphatic heterocycles. The largest absolute Gasteiger partial charge is 0.507 e. The first-order valence-electron chi connectivity index (χ1n) is 4.23. The van der Waals surface area contributed by atoms with E-state index in [4.69, 9.17) is 5.26 Å². The molecule has 0 amide bonds. The van der Waals surface area contributed by atoms with Crippen LogP contribution in [0.1, 0.15) is 22.3 Å². The number of phenols is 1. The van der Waals surface area contributed by atoms with Gasteiger partial charge in [0.25, 0.3) is 0 Å². The van der Waals surface area contributed by atoms with Crippen LogP contribution in [-0.2, 0) is 6.42 Å². The minimum absolute atomic E-state index is 0.277. The SMILES string of the molecule is Cc1cc(C)c(CC#N)c(O)c1C. The molecule has 0 aromatic heterocycles. The van der Waals surface area contributed by atoms with Crippen LogP contribution >= 0.6 is 0 Å². The van der Waals surface area contributed by atoms with Crippen molar-refractivity contribution in [1.29, 1.82) is 5.26 Å². The molecule has 1 aromatic rings. The van der Waals surface area contributed by atoms with E-state index < -0.39 is 0 Å². The first-order chi connectivity index (χ1) is 6.07. The summed E-state index contributed by atoms with van der Waals surface area (Å²) in [6.45, 7) is 5.74. The molecular formula is C11H13NO. The van der Waals surface area contributed by atoms with E-state index in [2.05, 4.69) is 6.07 Å². The highest BCUT2D eigenvalue weighted by Gasteiger charge is 2.09. The molecule has 1 aromatic carbocycles. The van der Waals surface area contributed by atoms with E-state index in [9.17, 15) is 5.11 Å². The van der Waals surface area contributed by atoms with E-state index in [1.54, 1.807) is 0 Å². The summed E-state index contributed by atoms with van der Waals surface area (Å²) >= 11 is 0. The summed E-state index contributed by atoms with van der Waals surface area (Å²) in [5.74, 6) is 0.277. The van der Waals surface area contributed by atoms with Gasteiger partial charge in [-0.25, -0.2) is 0 Å². The Morgan fingerprint density at radius 1 is 1.31 bits per heavy atom. The Balaban J connectivity index is 3.36. The third-order valence-corrected chi connectivity index (χ3v) is 2.40. The maximum absolute atomic E-state index is 9.74. The van der Waals surface area contributed by atoms with Crippen molar-refractivity contribution in [3.05, 3.63) is 28.3 Å². The van der Waals surface area contributed by atoms with Crippen molar-refractivity contribution in [1.82, 2.24) is 0 Å². The molecule has 0 bridgehead atoms. The predicted molar refractivity (Wildman–Crippen MR) is 51.6 cm³/mol. The molecule has 2 nitrogen and oxygen atoms in total. The highest BCUT2D eigenvalue weighted by molar-refractivity contribution is 5.49. The maximum Gasteiger partial charge on any atom is 0.123 e. The van der Waals surface area contributed by atoms with Gasteiger partial charge < -0.3 is 5.11 Å². The van der Waals surface area contributed by atoms with Crippen LogP contribution < -0.4 is 0 Å². The lowest BCUT2D eigenvalue weighted by molar-refractivity contribution is 0.464. The Bertz CT molecular complexity index is 375. The molecule has 0 radical (unpaired) electrons. The van der Waals surface area contributed by atoms with E-state index in [-0.39, 0.29) is 12.2 Å². The van der Waals surface area contributed by atoms with Gasteiger partial charge in [-0.2, -0.15) is 5.26 Å². The zero-order valence-corrected chi connectivity index (χ0v) is 8.18. The fraction of sp³-hybridized carbons (Fsp3) is 0.364. The van der Waals surface area contributed by atoms with E-state index in [0.29, 0.717) is 0 Å². The molecule has 0 atom stereocenters. The summed E-state index contributed by atoms with van der Waals surface area (Å²) in [6, 6.07) is 4.05. The van der Waals surface area contributed by atoms with Gasteiger partial charge in [0.15, 0.2) is 0 Å². The number of nitriles is 1. The molecule has 68 valence electrons. The van der Waals surface area contributed by atoms with Crippen LogP contribution in [0.25, 0.3) is 0 Å². The van der Waals surface area contributed by atoms with Crippen molar-refractivity contribution in [2.45, 2.75) is 27.2 Å². The maximum atomic E-state index is 9.74. The quantitative estimate of drug-likeness (QED) is 0.712. The third kappa shape index (κ3) is 1.65. The van der Waals surface area contributed by atoms with Crippen molar-refractivity contribution < 1.29 is 5.11 Å². The molecule has 0 aliphatic rings.